The van der Waals surface area contributed by atoms with E-state index in [9.17, 15) is 97.0 Å². The maximum atomic E-state index is 13.4. The van der Waals surface area contributed by atoms with Crippen molar-refractivity contribution in [2.24, 2.45) is 0 Å². The number of carbonyl (C=O) groups is 1. The van der Waals surface area contributed by atoms with Gasteiger partial charge in [-0.05, 0) is 0 Å². The first kappa shape index (κ1) is 33.0. The molecule has 0 heterocycles. The molecule has 0 bridgehead atoms. The first-order valence-corrected chi connectivity index (χ1v) is 7.35. The molecule has 0 aromatic carbocycles. The van der Waals surface area contributed by atoms with Crippen molar-refractivity contribution in [3.63, 3.8) is 0 Å². The molecule has 35 heavy (non-hydrogen) atoms. The summed E-state index contributed by atoms with van der Waals surface area (Å²) in [5, 5.41) is 7.65. The Morgan fingerprint density at radius 2 is 0.657 bits per heavy atom. The Morgan fingerprint density at radius 1 is 0.429 bits per heavy atom. The zero-order chi connectivity index (χ0) is 29.3. The summed E-state index contributed by atoms with van der Waals surface area (Å²) in [6.45, 7) is 0. The minimum absolute atomic E-state index is 4.53. The number of halogens is 21. The molecule has 0 saturated heterocycles. The van der Waals surface area contributed by atoms with Crippen molar-refractivity contribution in [1.29, 1.82) is 0 Å². The lowest BCUT2D eigenvalue weighted by Crippen LogP contribution is -2.76. The summed E-state index contributed by atoms with van der Waals surface area (Å²) in [6.07, 6.45) is -11.2. The van der Waals surface area contributed by atoms with E-state index in [0.29, 0.717) is 0 Å². The fourth-order valence-electron chi connectivity index (χ4n) is 1.91. The highest BCUT2D eigenvalue weighted by atomic mass is 19.4. The van der Waals surface area contributed by atoms with E-state index in [1.165, 1.54) is 0 Å². The van der Waals surface area contributed by atoms with Crippen molar-refractivity contribution in [1.82, 2.24) is 0 Å². The molecule has 210 valence electrons. The molecule has 0 saturated carbocycles. The molecule has 0 amide bonds. The van der Waals surface area contributed by atoms with Gasteiger partial charge in [0.2, 0.25) is 0 Å². The van der Waals surface area contributed by atoms with Crippen LogP contribution in [0.5, 0.6) is 0 Å². The van der Waals surface area contributed by atoms with Crippen LogP contribution in [0.1, 0.15) is 6.42 Å². The van der Waals surface area contributed by atoms with Gasteiger partial charge in [-0.15, -0.1) is 0 Å². The van der Waals surface area contributed by atoms with Crippen LogP contribution in [-0.2, 0) is 4.79 Å². The highest BCUT2D eigenvalue weighted by molar-refractivity contribution is 5.77. The molecule has 23 heteroatoms. The predicted octanol–water partition coefficient (Wildman–Crippen LogP) is 6.74. The standard InChI is InChI=1S/C12H3F21O2/c13-3(14,1-4(15,16)17)6(20,21)8(24,25)10(28,29)12(32,33)11(30,31)9(26,27)7(22,23)5(18,19)2(34)35/h1H2,(H,34,35). The Morgan fingerprint density at radius 3 is 0.886 bits per heavy atom. The van der Waals surface area contributed by atoms with E-state index < -0.39 is 71.9 Å². The lowest BCUT2D eigenvalue weighted by Gasteiger charge is -2.44. The molecule has 0 fully saturated rings. The van der Waals surface area contributed by atoms with Gasteiger partial charge in [0.05, 0.1) is 0 Å². The summed E-state index contributed by atoms with van der Waals surface area (Å²) >= 11 is 0. The van der Waals surface area contributed by atoms with Crippen molar-refractivity contribution in [3.8, 4) is 0 Å². The SMILES string of the molecule is O=C(O)C(F)(F)C(F)(F)C(F)(F)C(F)(F)C(F)(F)C(F)(F)C(F)(F)C(F)(F)C(F)(F)CC(F)(F)F. The van der Waals surface area contributed by atoms with E-state index in [4.69, 9.17) is 5.11 Å². The van der Waals surface area contributed by atoms with Crippen LogP contribution in [0.2, 0.25) is 0 Å². The van der Waals surface area contributed by atoms with E-state index in [0.717, 1.165) is 0 Å². The van der Waals surface area contributed by atoms with Crippen LogP contribution < -0.4 is 0 Å². The summed E-state index contributed by atoms with van der Waals surface area (Å²) in [6, 6.07) is 0. The number of aliphatic carboxylic acids is 1. The van der Waals surface area contributed by atoms with Gasteiger partial charge in [-0.3, -0.25) is 0 Å². The van der Waals surface area contributed by atoms with Crippen LogP contribution in [0.4, 0.5) is 92.2 Å². The fraction of sp³-hybridized carbons (Fsp3) is 0.917. The quantitative estimate of drug-likeness (QED) is 0.292. The van der Waals surface area contributed by atoms with E-state index in [1.807, 2.05) is 0 Å². The number of alkyl halides is 21. The summed E-state index contributed by atoms with van der Waals surface area (Å²) < 4.78 is 272. The Hall–Kier alpha value is -2.00. The average Bonchev–Trinajstić information content (AvgIpc) is 2.57. The average molecular weight is 578 g/mol. The minimum atomic E-state index is -9.19. The summed E-state index contributed by atoms with van der Waals surface area (Å²) in [7, 11) is 0. The largest absolute Gasteiger partial charge is 0.477 e. The van der Waals surface area contributed by atoms with Gasteiger partial charge in [-0.1, -0.05) is 0 Å². The lowest BCUT2D eigenvalue weighted by atomic mass is 9.86. The summed E-state index contributed by atoms with van der Waals surface area (Å²) in [5.74, 6) is -81.8. The molecular formula is C12H3F21O2. The molecule has 0 spiro atoms. The fourth-order valence-corrected chi connectivity index (χ4v) is 1.91. The van der Waals surface area contributed by atoms with E-state index in [-0.39, 0.29) is 0 Å². The molecule has 0 unspecified atom stereocenters. The van der Waals surface area contributed by atoms with Crippen molar-refractivity contribution in [2.45, 2.75) is 65.9 Å². The van der Waals surface area contributed by atoms with E-state index in [1.54, 1.807) is 0 Å². The number of carboxylic acids is 1. The zero-order valence-corrected chi connectivity index (χ0v) is 15.0. The molecular weight excluding hydrogens is 575 g/mol. The molecule has 0 aromatic rings. The zero-order valence-electron chi connectivity index (χ0n) is 15.0. The molecule has 2 nitrogen and oxygen atoms in total. The van der Waals surface area contributed by atoms with Gasteiger partial charge in [0, 0.05) is 0 Å². The predicted molar refractivity (Wildman–Crippen MR) is 62.8 cm³/mol. The van der Waals surface area contributed by atoms with Crippen molar-refractivity contribution in [3.05, 3.63) is 0 Å². The molecule has 0 atom stereocenters. The van der Waals surface area contributed by atoms with Crippen LogP contribution in [-0.4, -0.2) is 70.6 Å². The maximum absolute atomic E-state index is 13.4. The van der Waals surface area contributed by atoms with Crippen LogP contribution in [0.3, 0.4) is 0 Å². The second kappa shape index (κ2) is 8.00. The first-order chi connectivity index (χ1) is 14.7. The van der Waals surface area contributed by atoms with Crippen LogP contribution in [0.25, 0.3) is 0 Å². The number of rotatable bonds is 10. The van der Waals surface area contributed by atoms with Gasteiger partial charge in [-0.25, -0.2) is 4.79 Å². The summed E-state index contributed by atoms with van der Waals surface area (Å²) in [5.41, 5.74) is 0. The van der Waals surface area contributed by atoms with Gasteiger partial charge in [0.15, 0.2) is 0 Å². The van der Waals surface area contributed by atoms with E-state index in [2.05, 4.69) is 0 Å². The van der Waals surface area contributed by atoms with E-state index >= 15 is 0 Å². The Labute approximate surface area is 175 Å². The Kier molecular flexibility index (Phi) is 7.54. The van der Waals surface area contributed by atoms with Crippen molar-refractivity contribution in [2.75, 3.05) is 0 Å². The Bertz CT molecular complexity index is 806. The second-order valence-corrected chi connectivity index (χ2v) is 6.40. The maximum Gasteiger partial charge on any atom is 0.410 e. The monoisotopic (exact) mass is 578 g/mol. The topological polar surface area (TPSA) is 37.3 Å². The normalized spacial score (nSPS) is 16.5. The molecule has 0 aliphatic rings. The third-order valence-corrected chi connectivity index (χ3v) is 3.91. The van der Waals surface area contributed by atoms with Crippen molar-refractivity contribution < 1.29 is 102 Å². The van der Waals surface area contributed by atoms with Crippen LogP contribution in [0.15, 0.2) is 0 Å². The first-order valence-electron chi connectivity index (χ1n) is 7.35. The molecule has 0 radical (unpaired) electrons. The second-order valence-electron chi connectivity index (χ2n) is 6.40. The molecule has 0 aromatic heterocycles. The highest BCUT2D eigenvalue weighted by Crippen LogP contribution is 2.65. The Balaban J connectivity index is 7.01. The molecule has 0 rings (SSSR count). The van der Waals surface area contributed by atoms with Gasteiger partial charge < -0.3 is 5.11 Å². The summed E-state index contributed by atoms with van der Waals surface area (Å²) in [4.78, 5) is 9.86. The van der Waals surface area contributed by atoms with Crippen molar-refractivity contribution >= 4 is 5.97 Å². The number of hydrogen-bond donors (Lipinski definition) is 1. The van der Waals surface area contributed by atoms with Crippen LogP contribution >= 0.6 is 0 Å². The molecule has 0 aliphatic carbocycles. The number of carboxylic acid groups (broad SMARTS) is 1. The van der Waals surface area contributed by atoms with Gasteiger partial charge in [0.1, 0.15) is 6.42 Å². The van der Waals surface area contributed by atoms with Gasteiger partial charge in [0.25, 0.3) is 0 Å². The molecule has 1 N–H and O–H groups in total. The smallest absolute Gasteiger partial charge is 0.410 e. The van der Waals surface area contributed by atoms with Gasteiger partial charge in [-0.2, -0.15) is 92.2 Å². The van der Waals surface area contributed by atoms with Gasteiger partial charge >= 0.3 is 65.4 Å². The third-order valence-electron chi connectivity index (χ3n) is 3.91. The minimum Gasteiger partial charge on any atom is -0.477 e. The highest BCUT2D eigenvalue weighted by Gasteiger charge is 2.97. The lowest BCUT2D eigenvalue weighted by molar-refractivity contribution is -0.462. The third kappa shape index (κ3) is 4.28. The number of hydrogen-bond acceptors (Lipinski definition) is 1. The molecule has 0 aliphatic heterocycles. The van der Waals surface area contributed by atoms with Crippen LogP contribution in [0, 0.1) is 0 Å².